The largest absolute Gasteiger partial charge is 0.406 e. The molecule has 2 amide bonds. The molecule has 0 saturated carbocycles. The molecule has 0 aliphatic carbocycles. The number of nitrogens with one attached hydrogen (secondary N) is 1. The van der Waals surface area contributed by atoms with Crippen molar-refractivity contribution in [2.45, 2.75) is 12.7 Å². The van der Waals surface area contributed by atoms with E-state index in [4.69, 9.17) is 0 Å². The van der Waals surface area contributed by atoms with Crippen LogP contribution in [0.25, 0.3) is 0 Å². The van der Waals surface area contributed by atoms with Crippen molar-refractivity contribution < 1.29 is 22.4 Å². The van der Waals surface area contributed by atoms with Crippen LogP contribution < -0.4 is 5.32 Å². The summed E-state index contributed by atoms with van der Waals surface area (Å²) in [6.07, 6.45) is -4.50. The standard InChI is InChI=1S/C14H12F4N2OS/c15-11-1-3-12(4-2-11)19-13(21)20(9-14(16,17)18)7-10-5-6-22-8-10/h1-6,8H,7,9H2,(H,19,21). The minimum absolute atomic E-state index is 0.157. The summed E-state index contributed by atoms with van der Waals surface area (Å²) in [4.78, 5) is 12.7. The second-order valence-electron chi connectivity index (χ2n) is 4.54. The third kappa shape index (κ3) is 5.03. The zero-order chi connectivity index (χ0) is 16.2. The molecule has 2 rings (SSSR count). The van der Waals surface area contributed by atoms with E-state index in [1.54, 1.807) is 16.8 Å². The van der Waals surface area contributed by atoms with Crippen LogP contribution in [0, 0.1) is 5.82 Å². The van der Waals surface area contributed by atoms with E-state index in [1.165, 1.54) is 23.5 Å². The van der Waals surface area contributed by atoms with Crippen molar-refractivity contribution in [1.29, 1.82) is 0 Å². The number of thiophene rings is 1. The van der Waals surface area contributed by atoms with Crippen LogP contribution in [0.1, 0.15) is 5.56 Å². The van der Waals surface area contributed by atoms with E-state index in [2.05, 4.69) is 5.32 Å². The molecule has 2 aromatic rings. The van der Waals surface area contributed by atoms with Gasteiger partial charge in [0.25, 0.3) is 0 Å². The van der Waals surface area contributed by atoms with Crippen LogP contribution in [-0.4, -0.2) is 23.7 Å². The zero-order valence-electron chi connectivity index (χ0n) is 11.2. The average molecular weight is 332 g/mol. The first kappa shape index (κ1) is 16.3. The third-order valence-corrected chi connectivity index (χ3v) is 3.44. The van der Waals surface area contributed by atoms with Crippen molar-refractivity contribution in [2.75, 3.05) is 11.9 Å². The number of alkyl halides is 3. The van der Waals surface area contributed by atoms with Crippen molar-refractivity contribution in [3.63, 3.8) is 0 Å². The fourth-order valence-electron chi connectivity index (χ4n) is 1.75. The van der Waals surface area contributed by atoms with E-state index in [0.29, 0.717) is 10.5 Å². The number of amides is 2. The van der Waals surface area contributed by atoms with Gasteiger partial charge in [0.2, 0.25) is 0 Å². The van der Waals surface area contributed by atoms with Gasteiger partial charge >= 0.3 is 12.2 Å². The lowest BCUT2D eigenvalue weighted by Gasteiger charge is -2.24. The van der Waals surface area contributed by atoms with Gasteiger partial charge < -0.3 is 10.2 Å². The molecule has 0 saturated heterocycles. The maximum atomic E-state index is 12.8. The van der Waals surface area contributed by atoms with Gasteiger partial charge in [0, 0.05) is 12.2 Å². The lowest BCUT2D eigenvalue weighted by molar-refractivity contribution is -0.140. The summed E-state index contributed by atoms with van der Waals surface area (Å²) >= 11 is 1.34. The molecule has 0 bridgehead atoms. The highest BCUT2D eigenvalue weighted by atomic mass is 32.1. The zero-order valence-corrected chi connectivity index (χ0v) is 12.0. The molecule has 1 aromatic carbocycles. The van der Waals surface area contributed by atoms with Crippen molar-refractivity contribution in [3.8, 4) is 0 Å². The number of halogens is 4. The normalized spacial score (nSPS) is 11.3. The number of anilines is 1. The minimum atomic E-state index is -4.50. The molecule has 0 aliphatic heterocycles. The van der Waals surface area contributed by atoms with Gasteiger partial charge in [0.05, 0.1) is 0 Å². The predicted octanol–water partition coefficient (Wildman–Crippen LogP) is 4.48. The van der Waals surface area contributed by atoms with Gasteiger partial charge in [0.1, 0.15) is 12.4 Å². The maximum absolute atomic E-state index is 12.8. The SMILES string of the molecule is O=C(Nc1ccc(F)cc1)N(Cc1ccsc1)CC(F)(F)F. The lowest BCUT2D eigenvalue weighted by atomic mass is 10.3. The molecule has 8 heteroatoms. The number of carbonyl (C=O) groups is 1. The van der Waals surface area contributed by atoms with E-state index < -0.39 is 24.6 Å². The summed E-state index contributed by atoms with van der Waals surface area (Å²) in [5, 5.41) is 5.72. The van der Waals surface area contributed by atoms with Gasteiger partial charge in [-0.05, 0) is 46.7 Å². The second kappa shape index (κ2) is 6.78. The highest BCUT2D eigenvalue weighted by Crippen LogP contribution is 2.20. The Hall–Kier alpha value is -2.09. The molecule has 1 N–H and O–H groups in total. The van der Waals surface area contributed by atoms with Crippen LogP contribution in [0.2, 0.25) is 0 Å². The summed E-state index contributed by atoms with van der Waals surface area (Å²) in [5.41, 5.74) is 0.840. The Morgan fingerprint density at radius 3 is 2.41 bits per heavy atom. The Balaban J connectivity index is 2.09. The van der Waals surface area contributed by atoms with Gasteiger partial charge in [-0.25, -0.2) is 9.18 Å². The Labute approximate surface area is 128 Å². The van der Waals surface area contributed by atoms with Crippen molar-refractivity contribution in [2.24, 2.45) is 0 Å². The first-order valence-electron chi connectivity index (χ1n) is 6.23. The molecule has 3 nitrogen and oxygen atoms in total. The molecule has 0 unspecified atom stereocenters. The Bertz CT molecular complexity index is 611. The van der Waals surface area contributed by atoms with Crippen molar-refractivity contribution in [3.05, 3.63) is 52.5 Å². The van der Waals surface area contributed by atoms with Gasteiger partial charge in [-0.1, -0.05) is 0 Å². The molecule has 118 valence electrons. The third-order valence-electron chi connectivity index (χ3n) is 2.71. The number of urea groups is 1. The first-order chi connectivity index (χ1) is 10.3. The monoisotopic (exact) mass is 332 g/mol. The topological polar surface area (TPSA) is 32.3 Å². The van der Waals surface area contributed by atoms with Gasteiger partial charge in [-0.3, -0.25) is 0 Å². The number of nitrogens with zero attached hydrogens (tertiary/aromatic N) is 1. The number of hydrogen-bond acceptors (Lipinski definition) is 2. The van der Waals surface area contributed by atoms with E-state index in [0.717, 1.165) is 12.1 Å². The van der Waals surface area contributed by atoms with Crippen LogP contribution >= 0.6 is 11.3 Å². The van der Waals surface area contributed by atoms with E-state index in [-0.39, 0.29) is 12.2 Å². The Morgan fingerprint density at radius 2 is 1.86 bits per heavy atom. The van der Waals surface area contributed by atoms with Gasteiger partial charge in [-0.15, -0.1) is 0 Å². The van der Waals surface area contributed by atoms with E-state index >= 15 is 0 Å². The van der Waals surface area contributed by atoms with Crippen LogP contribution in [-0.2, 0) is 6.54 Å². The predicted molar refractivity (Wildman–Crippen MR) is 76.2 cm³/mol. The lowest BCUT2D eigenvalue weighted by Crippen LogP contribution is -2.40. The molecule has 0 fully saturated rings. The number of rotatable bonds is 4. The summed E-state index contributed by atoms with van der Waals surface area (Å²) in [5.74, 6) is -0.497. The summed E-state index contributed by atoms with van der Waals surface area (Å²) in [6, 6.07) is 5.55. The highest BCUT2D eigenvalue weighted by molar-refractivity contribution is 7.07. The van der Waals surface area contributed by atoms with Crippen LogP contribution in [0.3, 0.4) is 0 Å². The molecule has 0 aliphatic rings. The summed E-state index contributed by atoms with van der Waals surface area (Å²) < 4.78 is 50.6. The first-order valence-corrected chi connectivity index (χ1v) is 7.17. The highest BCUT2D eigenvalue weighted by Gasteiger charge is 2.33. The number of hydrogen-bond donors (Lipinski definition) is 1. The molecule has 0 radical (unpaired) electrons. The molecule has 0 spiro atoms. The van der Waals surface area contributed by atoms with Crippen LogP contribution in [0.4, 0.5) is 28.0 Å². The maximum Gasteiger partial charge on any atom is 0.406 e. The molecule has 1 aromatic heterocycles. The Kier molecular flexibility index (Phi) is 5.02. The molecule has 22 heavy (non-hydrogen) atoms. The average Bonchev–Trinajstić information content (AvgIpc) is 2.92. The number of benzene rings is 1. The fraction of sp³-hybridized carbons (Fsp3) is 0.214. The van der Waals surface area contributed by atoms with Crippen molar-refractivity contribution in [1.82, 2.24) is 4.90 Å². The van der Waals surface area contributed by atoms with Crippen LogP contribution in [0.5, 0.6) is 0 Å². The molecular formula is C14H12F4N2OS. The quantitative estimate of drug-likeness (QED) is 0.823. The number of carbonyl (C=O) groups excluding carboxylic acids is 1. The second-order valence-corrected chi connectivity index (χ2v) is 5.32. The van der Waals surface area contributed by atoms with Gasteiger partial charge in [-0.2, -0.15) is 24.5 Å². The smallest absolute Gasteiger partial charge is 0.311 e. The summed E-state index contributed by atoms with van der Waals surface area (Å²) in [6.45, 7) is -1.52. The Morgan fingerprint density at radius 1 is 1.18 bits per heavy atom. The van der Waals surface area contributed by atoms with E-state index in [9.17, 15) is 22.4 Å². The fourth-order valence-corrected chi connectivity index (χ4v) is 2.41. The van der Waals surface area contributed by atoms with Gasteiger partial charge in [0.15, 0.2) is 0 Å². The molecular weight excluding hydrogens is 320 g/mol. The summed E-state index contributed by atoms with van der Waals surface area (Å²) in [7, 11) is 0. The molecule has 0 atom stereocenters. The minimum Gasteiger partial charge on any atom is -0.311 e. The van der Waals surface area contributed by atoms with Crippen molar-refractivity contribution >= 4 is 23.1 Å². The van der Waals surface area contributed by atoms with E-state index in [1.807, 2.05) is 0 Å². The van der Waals surface area contributed by atoms with Crippen LogP contribution in [0.15, 0.2) is 41.1 Å². The molecule has 1 heterocycles.